The average Bonchev–Trinajstić information content (AvgIpc) is 2.82. The summed E-state index contributed by atoms with van der Waals surface area (Å²) in [5, 5.41) is 17.2. The molecule has 2 amide bonds. The number of carbonyl (C=O) groups excluding carboxylic acids is 2. The van der Waals surface area contributed by atoms with Crippen molar-refractivity contribution in [1.29, 1.82) is 0 Å². The summed E-state index contributed by atoms with van der Waals surface area (Å²) in [4.78, 5) is 47.6. The first-order chi connectivity index (χ1) is 16.6. The molecule has 4 rings (SSSR count). The number of amidine groups is 1. The maximum atomic E-state index is 13.9. The molecule has 0 fully saturated rings. The number of aromatic hydroxyl groups is 1. The smallest absolute Gasteiger partial charge is 0.274 e. The highest BCUT2D eigenvalue weighted by Gasteiger charge is 2.39. The predicted molar refractivity (Wildman–Crippen MR) is 121 cm³/mol. The van der Waals surface area contributed by atoms with E-state index in [0.717, 1.165) is 6.07 Å². The highest BCUT2D eigenvalue weighted by molar-refractivity contribution is 5.99. The van der Waals surface area contributed by atoms with E-state index in [1.54, 1.807) is 23.8 Å². The molecule has 2 bridgehead atoms. The molecule has 2 aliphatic rings. The van der Waals surface area contributed by atoms with Crippen LogP contribution in [0.2, 0.25) is 0 Å². The largest absolute Gasteiger partial charge is 0.503 e. The van der Waals surface area contributed by atoms with E-state index in [1.807, 2.05) is 6.92 Å². The number of pyridine rings is 1. The number of benzene rings is 1. The zero-order valence-corrected chi connectivity index (χ0v) is 19.4. The molecule has 2 atom stereocenters. The molecule has 2 aromatic rings. The Morgan fingerprint density at radius 3 is 2.77 bits per heavy atom. The number of nitrogens with one attached hydrogen (secondary N) is 1. The predicted octanol–water partition coefficient (Wildman–Crippen LogP) is 1.79. The van der Waals surface area contributed by atoms with Crippen LogP contribution in [0.5, 0.6) is 5.75 Å². The molecule has 0 aliphatic carbocycles. The zero-order valence-electron chi connectivity index (χ0n) is 19.4. The normalized spacial score (nSPS) is 21.5. The third-order valence-corrected chi connectivity index (χ3v) is 6.37. The van der Waals surface area contributed by atoms with Gasteiger partial charge in [-0.05, 0) is 19.9 Å². The average molecular weight is 489 g/mol. The Labute approximate surface area is 199 Å². The second-order valence-corrected chi connectivity index (χ2v) is 8.55. The highest BCUT2D eigenvalue weighted by atomic mass is 19.1. The Kier molecular flexibility index (Phi) is 6.46. The Balaban J connectivity index is 1.74. The van der Waals surface area contributed by atoms with Crippen LogP contribution in [0.15, 0.2) is 34.3 Å². The Hall–Kier alpha value is -3.96. The lowest BCUT2D eigenvalue weighted by atomic mass is 10.1. The fraction of sp³-hybridized carbons (Fsp3) is 0.391. The highest BCUT2D eigenvalue weighted by Crippen LogP contribution is 2.30. The summed E-state index contributed by atoms with van der Waals surface area (Å²) in [6.07, 6.45) is 1.09. The summed E-state index contributed by atoms with van der Waals surface area (Å²) in [6, 6.07) is 2.65. The number of fused-ring (bicyclic) bond motifs is 4. The summed E-state index contributed by atoms with van der Waals surface area (Å²) in [7, 11) is 1.71. The minimum absolute atomic E-state index is 0.0146. The third-order valence-electron chi connectivity index (χ3n) is 6.37. The maximum Gasteiger partial charge on any atom is 0.274 e. The summed E-state index contributed by atoms with van der Waals surface area (Å²) < 4.78 is 28.4. The van der Waals surface area contributed by atoms with Gasteiger partial charge in [-0.2, -0.15) is 0 Å². The fourth-order valence-corrected chi connectivity index (χ4v) is 4.13. The van der Waals surface area contributed by atoms with Gasteiger partial charge in [-0.3, -0.25) is 14.4 Å². The molecule has 2 aliphatic heterocycles. The summed E-state index contributed by atoms with van der Waals surface area (Å²) in [5.41, 5.74) is -1.68. The molecule has 0 saturated heterocycles. The van der Waals surface area contributed by atoms with Crippen LogP contribution in [0, 0.1) is 11.6 Å². The van der Waals surface area contributed by atoms with Gasteiger partial charge in [0.1, 0.15) is 35.8 Å². The lowest BCUT2D eigenvalue weighted by Crippen LogP contribution is -2.53. The van der Waals surface area contributed by atoms with E-state index in [-0.39, 0.29) is 37.0 Å². The number of hydrogen-bond acceptors (Lipinski definition) is 7. The number of oxime groups is 1. The van der Waals surface area contributed by atoms with Crippen molar-refractivity contribution in [3.63, 3.8) is 0 Å². The van der Waals surface area contributed by atoms with Gasteiger partial charge in [-0.15, -0.1) is 0 Å². The first kappa shape index (κ1) is 24.2. The summed E-state index contributed by atoms with van der Waals surface area (Å²) in [6.45, 7) is 3.72. The first-order valence-corrected chi connectivity index (χ1v) is 11.0. The monoisotopic (exact) mass is 489 g/mol. The topological polar surface area (TPSA) is 116 Å². The number of amides is 2. The van der Waals surface area contributed by atoms with E-state index in [4.69, 9.17) is 4.84 Å². The van der Waals surface area contributed by atoms with Crippen molar-refractivity contribution in [3.8, 4) is 5.75 Å². The lowest BCUT2D eigenvalue weighted by molar-refractivity contribution is 0.0361. The molecule has 12 heteroatoms. The summed E-state index contributed by atoms with van der Waals surface area (Å²) >= 11 is 0. The van der Waals surface area contributed by atoms with Crippen LogP contribution in [0.3, 0.4) is 0 Å². The van der Waals surface area contributed by atoms with Gasteiger partial charge in [-0.1, -0.05) is 11.2 Å². The van der Waals surface area contributed by atoms with E-state index in [1.165, 1.54) is 16.8 Å². The molecule has 1 aromatic carbocycles. The molecule has 10 nitrogen and oxygen atoms in total. The maximum absolute atomic E-state index is 13.9. The van der Waals surface area contributed by atoms with Crippen molar-refractivity contribution in [2.75, 3.05) is 20.2 Å². The molecule has 2 N–H and O–H groups in total. The molecular formula is C23H25F2N5O5. The van der Waals surface area contributed by atoms with Crippen LogP contribution < -0.4 is 10.7 Å². The molecule has 3 heterocycles. The molecule has 186 valence electrons. The van der Waals surface area contributed by atoms with Crippen molar-refractivity contribution in [3.05, 3.63) is 63.1 Å². The second kappa shape index (κ2) is 9.35. The molecule has 1 unspecified atom stereocenters. The lowest BCUT2D eigenvalue weighted by Gasteiger charge is -2.43. The molecule has 35 heavy (non-hydrogen) atoms. The van der Waals surface area contributed by atoms with Crippen molar-refractivity contribution >= 4 is 17.6 Å². The molecule has 0 radical (unpaired) electrons. The number of carbonyl (C=O) groups is 2. The van der Waals surface area contributed by atoms with Gasteiger partial charge in [0.05, 0.1) is 6.54 Å². The Morgan fingerprint density at radius 2 is 2.06 bits per heavy atom. The van der Waals surface area contributed by atoms with E-state index < -0.39 is 46.4 Å². The van der Waals surface area contributed by atoms with E-state index in [2.05, 4.69) is 10.5 Å². The van der Waals surface area contributed by atoms with E-state index >= 15 is 0 Å². The quantitative estimate of drug-likeness (QED) is 0.679. The number of halogens is 2. The van der Waals surface area contributed by atoms with Crippen LogP contribution >= 0.6 is 0 Å². The van der Waals surface area contributed by atoms with Gasteiger partial charge in [0.15, 0.2) is 11.4 Å². The van der Waals surface area contributed by atoms with Gasteiger partial charge >= 0.3 is 0 Å². The fourth-order valence-electron chi connectivity index (χ4n) is 4.13. The van der Waals surface area contributed by atoms with E-state index in [9.17, 15) is 28.3 Å². The van der Waals surface area contributed by atoms with Crippen LogP contribution in [0.25, 0.3) is 0 Å². The van der Waals surface area contributed by atoms with Gasteiger partial charge < -0.3 is 29.6 Å². The molecular weight excluding hydrogens is 464 g/mol. The number of aromatic nitrogens is 1. The third kappa shape index (κ3) is 4.43. The zero-order chi connectivity index (χ0) is 25.4. The first-order valence-electron chi connectivity index (χ1n) is 11.0. The minimum atomic E-state index is -1.03. The summed E-state index contributed by atoms with van der Waals surface area (Å²) in [5.74, 6) is -3.41. The second-order valence-electron chi connectivity index (χ2n) is 8.55. The van der Waals surface area contributed by atoms with Gasteiger partial charge in [-0.25, -0.2) is 8.78 Å². The molecule has 1 aromatic heterocycles. The van der Waals surface area contributed by atoms with Gasteiger partial charge in [0.2, 0.25) is 5.43 Å². The van der Waals surface area contributed by atoms with Crippen molar-refractivity contribution < 1.29 is 28.3 Å². The van der Waals surface area contributed by atoms with E-state index in [0.29, 0.717) is 18.3 Å². The van der Waals surface area contributed by atoms with Gasteiger partial charge in [0, 0.05) is 43.9 Å². The van der Waals surface area contributed by atoms with Crippen LogP contribution in [-0.4, -0.2) is 63.4 Å². The SMILES string of the molecule is C/C1=N/OCC[C@H](C)N2CC(N1C)n1cc(C(=O)NCc3ccc(F)cc3F)c(=O)c(O)c1C2=O. The van der Waals surface area contributed by atoms with Crippen LogP contribution in [0.4, 0.5) is 8.78 Å². The van der Waals surface area contributed by atoms with Crippen molar-refractivity contribution in [2.24, 2.45) is 5.16 Å². The van der Waals surface area contributed by atoms with Crippen molar-refractivity contribution in [1.82, 2.24) is 19.7 Å². The Morgan fingerprint density at radius 1 is 1.31 bits per heavy atom. The molecule has 0 spiro atoms. The number of likely N-dealkylation sites (N-methyl/N-ethyl adjacent to an activating group) is 1. The number of nitrogens with zero attached hydrogens (tertiary/aromatic N) is 4. The number of hydrogen-bond donors (Lipinski definition) is 2. The van der Waals surface area contributed by atoms with Gasteiger partial charge in [0.25, 0.3) is 11.8 Å². The van der Waals surface area contributed by atoms with Crippen molar-refractivity contribution in [2.45, 2.75) is 39.0 Å². The minimum Gasteiger partial charge on any atom is -0.503 e. The van der Waals surface area contributed by atoms with Crippen LogP contribution in [-0.2, 0) is 11.4 Å². The number of rotatable bonds is 3. The Bertz CT molecular complexity index is 1280. The van der Waals surface area contributed by atoms with Crippen LogP contribution in [0.1, 0.15) is 52.8 Å². The standard InChI is InChI=1S/C23H25F2N5O5/c1-12-6-7-35-27-13(2)28(3)18-11-29(12)23(34)19-21(32)20(31)16(10-30(18)19)22(33)26-9-14-4-5-15(24)8-17(14)25/h4-5,8,10,12,18,32H,6-7,9,11H2,1-3H3,(H,26,33)/b27-13-/t12-,18?/m0/s1. The molecule has 0 saturated carbocycles.